The molecule has 0 amide bonds. The average Bonchev–Trinajstić information content (AvgIpc) is 2.28. The van der Waals surface area contributed by atoms with E-state index in [-0.39, 0.29) is 5.75 Å². The lowest BCUT2D eigenvalue weighted by Gasteiger charge is -2.08. The van der Waals surface area contributed by atoms with Crippen LogP contribution in [-0.2, 0) is 11.2 Å². The second-order valence-corrected chi connectivity index (χ2v) is 3.17. The predicted molar refractivity (Wildman–Crippen MR) is 62.7 cm³/mol. The van der Waals surface area contributed by atoms with Crippen molar-refractivity contribution in [1.82, 2.24) is 0 Å². The van der Waals surface area contributed by atoms with E-state index < -0.39 is 0 Å². The maximum atomic E-state index is 9.24. The van der Waals surface area contributed by atoms with Crippen LogP contribution in [0.25, 0.3) is 0 Å². The number of rotatable bonds is 3. The van der Waals surface area contributed by atoms with E-state index in [2.05, 4.69) is 6.92 Å². The highest BCUT2D eigenvalue weighted by Crippen LogP contribution is 2.29. The molecule has 1 aromatic rings. The van der Waals surface area contributed by atoms with Crippen LogP contribution in [0.5, 0.6) is 5.75 Å². The molecule has 0 radical (unpaired) electrons. The number of anilines is 2. The van der Waals surface area contributed by atoms with Crippen LogP contribution in [0.1, 0.15) is 25.3 Å². The minimum atomic E-state index is 0.0674. The lowest BCUT2D eigenvalue weighted by molar-refractivity contribution is -0.0979. The molecule has 5 N–H and O–H groups in total. The molecule has 0 fully saturated rings. The zero-order valence-electron chi connectivity index (χ0n) is 8.99. The van der Waals surface area contributed by atoms with Crippen LogP contribution in [0, 0.1) is 0 Å². The molecule has 0 saturated carbocycles. The minimum Gasteiger partial charge on any atom is -0.506 e. The van der Waals surface area contributed by atoms with Crippen molar-refractivity contribution >= 4 is 18.2 Å². The monoisotopic (exact) mass is 210 g/mol. The van der Waals surface area contributed by atoms with Gasteiger partial charge >= 0.3 is 0 Å². The van der Waals surface area contributed by atoms with Crippen LogP contribution < -0.4 is 11.5 Å². The molecule has 0 aliphatic heterocycles. The highest BCUT2D eigenvalue weighted by Gasteiger charge is 2.05. The van der Waals surface area contributed by atoms with E-state index in [9.17, 15) is 5.11 Å². The number of hydrogen-bond acceptors (Lipinski definition) is 4. The van der Waals surface area contributed by atoms with Crippen LogP contribution in [-0.4, -0.2) is 11.9 Å². The van der Waals surface area contributed by atoms with Gasteiger partial charge in [0.1, 0.15) is 12.5 Å². The molecule has 0 aromatic heterocycles. The third-order valence-corrected chi connectivity index (χ3v) is 2.15. The number of nitrogens with two attached hydrogens (primary N) is 2. The first-order chi connectivity index (χ1) is 7.16. The van der Waals surface area contributed by atoms with E-state index >= 15 is 0 Å². The van der Waals surface area contributed by atoms with Gasteiger partial charge in [-0.25, -0.2) is 0 Å². The van der Waals surface area contributed by atoms with Gasteiger partial charge in [-0.2, -0.15) is 0 Å². The first-order valence-corrected chi connectivity index (χ1v) is 4.81. The van der Waals surface area contributed by atoms with Gasteiger partial charge in [-0.3, -0.25) is 0 Å². The second-order valence-electron chi connectivity index (χ2n) is 3.17. The zero-order chi connectivity index (χ0) is 11.8. The Morgan fingerprint density at radius 3 is 2.40 bits per heavy atom. The van der Waals surface area contributed by atoms with Crippen molar-refractivity contribution in [3.8, 4) is 5.75 Å². The van der Waals surface area contributed by atoms with E-state index in [0.29, 0.717) is 11.4 Å². The quantitative estimate of drug-likeness (QED) is 0.523. The van der Waals surface area contributed by atoms with Gasteiger partial charge in [0.15, 0.2) is 0 Å². The van der Waals surface area contributed by atoms with Crippen molar-refractivity contribution in [2.45, 2.75) is 26.2 Å². The summed E-state index contributed by atoms with van der Waals surface area (Å²) in [5.74, 6) is 0.0674. The van der Waals surface area contributed by atoms with Crippen LogP contribution in [0.3, 0.4) is 0 Å². The second kappa shape index (κ2) is 6.70. The molecule has 0 saturated heterocycles. The lowest BCUT2D eigenvalue weighted by Crippen LogP contribution is -2.00. The van der Waals surface area contributed by atoms with Crippen molar-refractivity contribution in [2.24, 2.45) is 0 Å². The normalized spacial score (nSPS) is 9.13. The number of phenolic OH excluding ortho intramolecular Hbond substituents is 1. The Hall–Kier alpha value is -1.71. The van der Waals surface area contributed by atoms with Crippen molar-refractivity contribution < 1.29 is 9.90 Å². The van der Waals surface area contributed by atoms with Crippen LogP contribution in [0.2, 0.25) is 0 Å². The molecule has 0 heterocycles. The number of benzene rings is 1. The lowest BCUT2D eigenvalue weighted by atomic mass is 10.1. The van der Waals surface area contributed by atoms with Crippen LogP contribution in [0.15, 0.2) is 12.1 Å². The fourth-order valence-electron chi connectivity index (χ4n) is 1.26. The molecule has 0 spiro atoms. The van der Waals surface area contributed by atoms with Crippen molar-refractivity contribution in [2.75, 3.05) is 11.5 Å². The number of phenols is 1. The Morgan fingerprint density at radius 2 is 1.87 bits per heavy atom. The smallest absolute Gasteiger partial charge is 0.140 e. The first-order valence-electron chi connectivity index (χ1n) is 4.81. The molecule has 0 atom stereocenters. The molecular weight excluding hydrogens is 192 g/mol. The predicted octanol–water partition coefficient (Wildman–Crippen LogP) is 1.71. The summed E-state index contributed by atoms with van der Waals surface area (Å²) in [6, 6.07) is 3.42. The molecule has 4 heteroatoms. The Kier molecular flexibility index (Phi) is 5.94. The summed E-state index contributed by atoms with van der Waals surface area (Å²) >= 11 is 0. The fraction of sp³-hybridized carbons (Fsp3) is 0.364. The maximum Gasteiger partial charge on any atom is 0.140 e. The molecule has 0 aliphatic rings. The summed E-state index contributed by atoms with van der Waals surface area (Å²) in [7, 11) is 0. The summed E-state index contributed by atoms with van der Waals surface area (Å²) in [6.07, 6.45) is 3.14. The molecule has 15 heavy (non-hydrogen) atoms. The van der Waals surface area contributed by atoms with Gasteiger partial charge < -0.3 is 21.4 Å². The number of aromatic hydroxyl groups is 1. The largest absolute Gasteiger partial charge is 0.506 e. The van der Waals surface area contributed by atoms with Crippen molar-refractivity contribution in [3.05, 3.63) is 17.7 Å². The topological polar surface area (TPSA) is 89.3 Å². The highest BCUT2D eigenvalue weighted by molar-refractivity contribution is 5.73. The Morgan fingerprint density at radius 1 is 1.27 bits per heavy atom. The van der Waals surface area contributed by atoms with Gasteiger partial charge in [-0.05, 0) is 24.5 Å². The van der Waals surface area contributed by atoms with Gasteiger partial charge in [0.2, 0.25) is 0 Å². The molecular formula is C11H18N2O2. The molecule has 84 valence electrons. The van der Waals surface area contributed by atoms with Crippen molar-refractivity contribution in [3.63, 3.8) is 0 Å². The van der Waals surface area contributed by atoms with E-state index in [1.54, 1.807) is 6.07 Å². The third kappa shape index (κ3) is 3.50. The highest BCUT2D eigenvalue weighted by atomic mass is 16.3. The number of nitrogen functional groups attached to an aromatic ring is 2. The number of hydrogen-bond donors (Lipinski definition) is 3. The SMILES string of the molecule is C=O.CCCCc1ccc(O)c(N)c1N. The van der Waals surface area contributed by atoms with E-state index in [0.717, 1.165) is 24.8 Å². The van der Waals surface area contributed by atoms with Gasteiger partial charge in [0.25, 0.3) is 0 Å². The summed E-state index contributed by atoms with van der Waals surface area (Å²) in [5, 5.41) is 9.24. The number of aryl methyl sites for hydroxylation is 1. The standard InChI is InChI=1S/C10H16N2O.CH2O/c1-2-3-4-7-5-6-8(13)10(12)9(7)11;1-2/h5-6,13H,2-4,11-12H2,1H3;1H2. The third-order valence-electron chi connectivity index (χ3n) is 2.15. The van der Waals surface area contributed by atoms with Gasteiger partial charge in [0.05, 0.1) is 11.4 Å². The zero-order valence-corrected chi connectivity index (χ0v) is 8.99. The summed E-state index contributed by atoms with van der Waals surface area (Å²) in [4.78, 5) is 8.00. The van der Waals surface area contributed by atoms with Gasteiger partial charge in [-0.1, -0.05) is 19.4 Å². The molecule has 1 aromatic carbocycles. The van der Waals surface area contributed by atoms with Crippen molar-refractivity contribution in [1.29, 1.82) is 0 Å². The summed E-state index contributed by atoms with van der Waals surface area (Å²) in [6.45, 7) is 4.12. The number of carbonyl (C=O) groups is 1. The average molecular weight is 210 g/mol. The molecule has 4 nitrogen and oxygen atoms in total. The molecule has 1 rings (SSSR count). The molecule has 0 aliphatic carbocycles. The summed E-state index contributed by atoms with van der Waals surface area (Å²) in [5.41, 5.74) is 13.2. The maximum absolute atomic E-state index is 9.24. The van der Waals surface area contributed by atoms with Gasteiger partial charge in [-0.15, -0.1) is 0 Å². The summed E-state index contributed by atoms with van der Waals surface area (Å²) < 4.78 is 0. The van der Waals surface area contributed by atoms with E-state index in [1.165, 1.54) is 0 Å². The van der Waals surface area contributed by atoms with Crippen LogP contribution in [0.4, 0.5) is 11.4 Å². The van der Waals surface area contributed by atoms with E-state index in [4.69, 9.17) is 16.3 Å². The first kappa shape index (κ1) is 13.3. The van der Waals surface area contributed by atoms with E-state index in [1.807, 2.05) is 12.9 Å². The van der Waals surface area contributed by atoms with Crippen LogP contribution >= 0.6 is 0 Å². The number of unbranched alkanes of at least 4 members (excludes halogenated alkanes) is 1. The minimum absolute atomic E-state index is 0.0674. The Bertz CT molecular complexity index is 314. The fourth-order valence-corrected chi connectivity index (χ4v) is 1.26. The molecule has 0 unspecified atom stereocenters. The van der Waals surface area contributed by atoms with Gasteiger partial charge in [0, 0.05) is 0 Å². The molecule has 0 bridgehead atoms. The number of carbonyl (C=O) groups excluding carboxylic acids is 1. The Balaban J connectivity index is 0.000000921. The Labute approximate surface area is 89.9 Å².